The van der Waals surface area contributed by atoms with Crippen LogP contribution in [0.1, 0.15) is 19.3 Å². The number of aliphatic carboxylic acids is 1. The average Bonchev–Trinajstić information content (AvgIpc) is 2.35. The molecule has 6 heteroatoms. The summed E-state index contributed by atoms with van der Waals surface area (Å²) in [6.45, 7) is 0.546. The maximum absolute atomic E-state index is 11.2. The van der Waals surface area contributed by atoms with E-state index in [4.69, 9.17) is 4.74 Å². The zero-order valence-corrected chi connectivity index (χ0v) is 11.9. The molecule has 3 aliphatic rings. The standard InChI is InChI=1S/C13H15BrN2O3/c14-11-4-12(16-6-15-11)19-5-9-3-10(13(17)18)8-1-7(9)2-8/h4,6-10H,1-3,5H2,(H,17,18)/t7?,8?,9-,10-/m0/s1. The van der Waals surface area contributed by atoms with Gasteiger partial charge in [-0.1, -0.05) is 0 Å². The number of carboxylic acids is 1. The van der Waals surface area contributed by atoms with Crippen molar-refractivity contribution in [2.24, 2.45) is 23.7 Å². The Bertz CT molecular complexity index is 491. The number of hydrogen-bond donors (Lipinski definition) is 1. The fourth-order valence-corrected chi connectivity index (χ4v) is 3.52. The van der Waals surface area contributed by atoms with Gasteiger partial charge in [-0.25, -0.2) is 9.97 Å². The highest BCUT2D eigenvalue weighted by Gasteiger charge is 2.48. The molecule has 1 aromatic rings. The van der Waals surface area contributed by atoms with Gasteiger partial charge in [-0.05, 0) is 52.9 Å². The minimum Gasteiger partial charge on any atom is -0.481 e. The molecule has 3 saturated carbocycles. The predicted molar refractivity (Wildman–Crippen MR) is 70.7 cm³/mol. The van der Waals surface area contributed by atoms with Gasteiger partial charge < -0.3 is 9.84 Å². The Labute approximate surface area is 119 Å². The van der Waals surface area contributed by atoms with Crippen LogP contribution in [0.2, 0.25) is 0 Å². The number of ether oxygens (including phenoxy) is 1. The third kappa shape index (κ3) is 2.59. The Kier molecular flexibility index (Phi) is 3.43. The molecule has 4 rings (SSSR count). The van der Waals surface area contributed by atoms with Gasteiger partial charge in [0, 0.05) is 6.07 Å². The Morgan fingerprint density at radius 2 is 2.16 bits per heavy atom. The summed E-state index contributed by atoms with van der Waals surface area (Å²) in [7, 11) is 0. The smallest absolute Gasteiger partial charge is 0.306 e. The molecule has 102 valence electrons. The quantitative estimate of drug-likeness (QED) is 0.860. The fourth-order valence-electron chi connectivity index (χ4n) is 3.23. The molecule has 1 N–H and O–H groups in total. The van der Waals surface area contributed by atoms with Crippen molar-refractivity contribution in [2.45, 2.75) is 19.3 Å². The van der Waals surface area contributed by atoms with Gasteiger partial charge in [0.05, 0.1) is 12.5 Å². The van der Waals surface area contributed by atoms with Crippen molar-refractivity contribution in [1.29, 1.82) is 0 Å². The highest BCUT2D eigenvalue weighted by atomic mass is 79.9. The van der Waals surface area contributed by atoms with Crippen LogP contribution in [-0.2, 0) is 4.79 Å². The van der Waals surface area contributed by atoms with Crippen LogP contribution >= 0.6 is 15.9 Å². The van der Waals surface area contributed by atoms with Gasteiger partial charge in [0.2, 0.25) is 5.88 Å². The van der Waals surface area contributed by atoms with Crippen LogP contribution in [0.4, 0.5) is 0 Å². The SMILES string of the molecule is O=C(O)[C@H]1C[C@@H](COc2cc(Br)ncn2)C2CC1C2. The Balaban J connectivity index is 1.59. The molecule has 0 unspecified atom stereocenters. The average molecular weight is 327 g/mol. The van der Waals surface area contributed by atoms with E-state index in [0.29, 0.717) is 34.8 Å². The lowest BCUT2D eigenvalue weighted by atomic mass is 9.55. The van der Waals surface area contributed by atoms with E-state index >= 15 is 0 Å². The number of nitrogens with zero attached hydrogens (tertiary/aromatic N) is 2. The lowest BCUT2D eigenvalue weighted by Gasteiger charge is -2.49. The van der Waals surface area contributed by atoms with E-state index in [0.717, 1.165) is 19.3 Å². The second-order valence-corrected chi connectivity index (χ2v) is 6.23. The number of halogens is 1. The van der Waals surface area contributed by atoms with Crippen molar-refractivity contribution in [3.05, 3.63) is 17.0 Å². The summed E-state index contributed by atoms with van der Waals surface area (Å²) in [6.07, 6.45) is 4.26. The molecule has 0 aromatic carbocycles. The van der Waals surface area contributed by atoms with Crippen molar-refractivity contribution in [1.82, 2.24) is 9.97 Å². The fraction of sp³-hybridized carbons (Fsp3) is 0.615. The second-order valence-electron chi connectivity index (χ2n) is 5.42. The second kappa shape index (κ2) is 5.07. The Morgan fingerprint density at radius 1 is 1.37 bits per heavy atom. The normalized spacial score (nSPS) is 32.5. The van der Waals surface area contributed by atoms with Gasteiger partial charge in [-0.3, -0.25) is 4.79 Å². The number of carbonyl (C=O) groups is 1. The first-order chi connectivity index (χ1) is 9.13. The largest absolute Gasteiger partial charge is 0.481 e. The van der Waals surface area contributed by atoms with Crippen molar-refractivity contribution >= 4 is 21.9 Å². The molecule has 1 aromatic heterocycles. The maximum Gasteiger partial charge on any atom is 0.306 e. The lowest BCUT2D eigenvalue weighted by molar-refractivity contribution is -0.152. The molecule has 0 aliphatic heterocycles. The summed E-state index contributed by atoms with van der Waals surface area (Å²) in [4.78, 5) is 19.2. The zero-order chi connectivity index (χ0) is 13.4. The summed E-state index contributed by atoms with van der Waals surface area (Å²) in [5, 5.41) is 9.21. The van der Waals surface area contributed by atoms with Gasteiger partial charge >= 0.3 is 5.97 Å². The molecule has 0 amide bonds. The first kappa shape index (κ1) is 12.8. The van der Waals surface area contributed by atoms with E-state index in [2.05, 4.69) is 25.9 Å². The number of rotatable bonds is 4. The first-order valence-electron chi connectivity index (χ1n) is 6.46. The van der Waals surface area contributed by atoms with Crippen LogP contribution in [0.5, 0.6) is 5.88 Å². The number of aromatic nitrogens is 2. The van der Waals surface area contributed by atoms with Crippen LogP contribution < -0.4 is 4.74 Å². The molecule has 0 saturated heterocycles. The molecule has 2 atom stereocenters. The number of hydrogen-bond acceptors (Lipinski definition) is 4. The van der Waals surface area contributed by atoms with Crippen LogP contribution in [0.25, 0.3) is 0 Å². The highest BCUT2D eigenvalue weighted by molar-refractivity contribution is 9.10. The van der Waals surface area contributed by atoms with E-state index in [9.17, 15) is 9.90 Å². The van der Waals surface area contributed by atoms with Gasteiger partial charge in [0.25, 0.3) is 0 Å². The van der Waals surface area contributed by atoms with Crippen molar-refractivity contribution in [3.63, 3.8) is 0 Å². The lowest BCUT2D eigenvalue weighted by Crippen LogP contribution is -2.47. The van der Waals surface area contributed by atoms with Crippen molar-refractivity contribution in [3.8, 4) is 5.88 Å². The Morgan fingerprint density at radius 3 is 2.84 bits per heavy atom. The van der Waals surface area contributed by atoms with E-state index in [1.165, 1.54) is 6.33 Å². The minimum absolute atomic E-state index is 0.185. The van der Waals surface area contributed by atoms with E-state index in [1.807, 2.05) is 0 Å². The van der Waals surface area contributed by atoms with Crippen LogP contribution in [0.3, 0.4) is 0 Å². The topological polar surface area (TPSA) is 72.3 Å². The van der Waals surface area contributed by atoms with E-state index < -0.39 is 5.97 Å². The molecule has 19 heavy (non-hydrogen) atoms. The maximum atomic E-state index is 11.2. The van der Waals surface area contributed by atoms with E-state index in [1.54, 1.807) is 6.07 Å². The summed E-state index contributed by atoms with van der Waals surface area (Å²) in [6, 6.07) is 1.72. The number of carboxylic acid groups (broad SMARTS) is 1. The molecule has 1 heterocycles. The van der Waals surface area contributed by atoms with Gasteiger partial charge in [-0.2, -0.15) is 0 Å². The number of fused-ring (bicyclic) bond motifs is 2. The van der Waals surface area contributed by atoms with E-state index in [-0.39, 0.29) is 5.92 Å². The molecular formula is C13H15BrN2O3. The van der Waals surface area contributed by atoms with Gasteiger partial charge in [-0.15, -0.1) is 0 Å². The predicted octanol–water partition coefficient (Wildman–Crippen LogP) is 2.36. The molecule has 3 aliphatic carbocycles. The molecule has 3 fully saturated rings. The summed E-state index contributed by atoms with van der Waals surface area (Å²) in [5.74, 6) is 1.06. The Hall–Kier alpha value is -1.17. The molecule has 0 spiro atoms. The van der Waals surface area contributed by atoms with Crippen LogP contribution in [0.15, 0.2) is 17.0 Å². The molecule has 0 radical (unpaired) electrons. The summed E-state index contributed by atoms with van der Waals surface area (Å²) >= 11 is 3.27. The third-order valence-corrected chi connectivity index (χ3v) is 4.81. The highest BCUT2D eigenvalue weighted by Crippen LogP contribution is 2.52. The molecule has 2 bridgehead atoms. The summed E-state index contributed by atoms with van der Waals surface area (Å²) < 4.78 is 6.36. The van der Waals surface area contributed by atoms with Gasteiger partial charge in [0.15, 0.2) is 0 Å². The summed E-state index contributed by atoms with van der Waals surface area (Å²) in [5.41, 5.74) is 0. The van der Waals surface area contributed by atoms with Crippen molar-refractivity contribution < 1.29 is 14.6 Å². The zero-order valence-electron chi connectivity index (χ0n) is 10.3. The molecule has 5 nitrogen and oxygen atoms in total. The molecular weight excluding hydrogens is 312 g/mol. The monoisotopic (exact) mass is 326 g/mol. The first-order valence-corrected chi connectivity index (χ1v) is 7.26. The van der Waals surface area contributed by atoms with Crippen LogP contribution in [-0.4, -0.2) is 27.7 Å². The van der Waals surface area contributed by atoms with Crippen LogP contribution in [0, 0.1) is 23.7 Å². The minimum atomic E-state index is -0.655. The van der Waals surface area contributed by atoms with Crippen molar-refractivity contribution in [2.75, 3.05) is 6.61 Å². The van der Waals surface area contributed by atoms with Gasteiger partial charge in [0.1, 0.15) is 10.9 Å². The third-order valence-electron chi connectivity index (χ3n) is 4.37.